The number of benzene rings is 3. The number of likely N-dealkylation sites (N-methyl/N-ethyl adjacent to an activating group) is 1. The van der Waals surface area contributed by atoms with Crippen LogP contribution in [0.3, 0.4) is 0 Å². The van der Waals surface area contributed by atoms with Gasteiger partial charge in [-0.25, -0.2) is 0 Å². The van der Waals surface area contributed by atoms with Crippen molar-refractivity contribution in [2.24, 2.45) is 0 Å². The van der Waals surface area contributed by atoms with Gasteiger partial charge in [0, 0.05) is 40.3 Å². The van der Waals surface area contributed by atoms with Crippen molar-refractivity contribution in [1.82, 2.24) is 4.31 Å². The molecule has 3 aromatic carbocycles. The number of methoxy groups -OCH3 is 1. The van der Waals surface area contributed by atoms with E-state index < -0.39 is 11.7 Å². The van der Waals surface area contributed by atoms with E-state index in [-0.39, 0.29) is 46.6 Å². The standard InChI is InChI=1S/C27H23Cl2N3O5S/c1-16-8-21(38-32(2)26(34)15-36-3)5-6-23(16)31-25(33)14-37-24-7-4-19(28)12-22(24)27(35)18-9-17(13-30)10-20(29)11-18/h4-12H,14-15H2,1-3H3,(H,31,33). The van der Waals surface area contributed by atoms with Crippen LogP contribution < -0.4 is 10.1 Å². The molecule has 2 amide bonds. The number of hydrogen-bond donors (Lipinski definition) is 1. The van der Waals surface area contributed by atoms with Crippen molar-refractivity contribution >= 4 is 58.4 Å². The van der Waals surface area contributed by atoms with Gasteiger partial charge >= 0.3 is 0 Å². The minimum Gasteiger partial charge on any atom is -0.483 e. The Kier molecular flexibility index (Phi) is 10.2. The van der Waals surface area contributed by atoms with Crippen LogP contribution in [-0.2, 0) is 14.3 Å². The Morgan fingerprint density at radius 1 is 1.03 bits per heavy atom. The lowest BCUT2D eigenvalue weighted by Gasteiger charge is -2.16. The molecule has 11 heteroatoms. The molecular formula is C27H23Cl2N3O5S. The lowest BCUT2D eigenvalue weighted by molar-refractivity contribution is -0.129. The van der Waals surface area contributed by atoms with Crippen LogP contribution in [0.25, 0.3) is 0 Å². The van der Waals surface area contributed by atoms with E-state index in [9.17, 15) is 19.6 Å². The molecule has 38 heavy (non-hydrogen) atoms. The van der Waals surface area contributed by atoms with Crippen LogP contribution in [0.15, 0.2) is 59.5 Å². The first-order chi connectivity index (χ1) is 18.1. The van der Waals surface area contributed by atoms with Gasteiger partial charge in [-0.3, -0.25) is 18.7 Å². The van der Waals surface area contributed by atoms with Gasteiger partial charge in [0.2, 0.25) is 0 Å². The second kappa shape index (κ2) is 13.3. The molecule has 8 nitrogen and oxygen atoms in total. The molecule has 0 heterocycles. The molecule has 0 fully saturated rings. The van der Waals surface area contributed by atoms with Crippen molar-refractivity contribution in [1.29, 1.82) is 5.26 Å². The van der Waals surface area contributed by atoms with Crippen LogP contribution >= 0.6 is 35.1 Å². The van der Waals surface area contributed by atoms with Crippen molar-refractivity contribution in [3.8, 4) is 11.8 Å². The molecule has 0 aromatic heterocycles. The molecule has 0 bridgehead atoms. The number of ether oxygens (including phenoxy) is 2. The molecule has 0 radical (unpaired) electrons. The third kappa shape index (κ3) is 7.73. The molecular weight excluding hydrogens is 549 g/mol. The van der Waals surface area contributed by atoms with Crippen LogP contribution in [0.5, 0.6) is 5.75 Å². The molecule has 0 aliphatic rings. The number of nitrogens with zero attached hydrogens (tertiary/aromatic N) is 2. The normalized spacial score (nSPS) is 10.4. The fourth-order valence-electron chi connectivity index (χ4n) is 3.33. The zero-order valence-corrected chi connectivity index (χ0v) is 23.0. The SMILES string of the molecule is COCC(=O)N(C)Sc1ccc(NC(=O)COc2ccc(Cl)cc2C(=O)c2cc(Cl)cc(C#N)c2)c(C)c1. The van der Waals surface area contributed by atoms with E-state index >= 15 is 0 Å². The molecule has 196 valence electrons. The molecule has 0 saturated carbocycles. The van der Waals surface area contributed by atoms with Gasteiger partial charge in [-0.05, 0) is 79.0 Å². The molecule has 0 aliphatic carbocycles. The Morgan fingerprint density at radius 2 is 1.79 bits per heavy atom. The van der Waals surface area contributed by atoms with Crippen molar-refractivity contribution in [3.05, 3.63) is 86.9 Å². The zero-order chi connectivity index (χ0) is 27.8. The number of nitrogens with one attached hydrogen (secondary N) is 1. The van der Waals surface area contributed by atoms with Crippen LogP contribution in [0.4, 0.5) is 5.69 Å². The Morgan fingerprint density at radius 3 is 2.47 bits per heavy atom. The van der Waals surface area contributed by atoms with Crippen LogP contribution in [0.1, 0.15) is 27.0 Å². The number of nitriles is 1. The largest absolute Gasteiger partial charge is 0.483 e. The van der Waals surface area contributed by atoms with Crippen molar-refractivity contribution in [2.45, 2.75) is 11.8 Å². The highest BCUT2D eigenvalue weighted by Gasteiger charge is 2.18. The van der Waals surface area contributed by atoms with Crippen LogP contribution in [-0.4, -0.2) is 49.3 Å². The Balaban J connectivity index is 1.69. The lowest BCUT2D eigenvalue weighted by Crippen LogP contribution is -2.23. The monoisotopic (exact) mass is 571 g/mol. The number of ketones is 1. The minimum atomic E-state index is -0.459. The molecule has 0 atom stereocenters. The third-order valence-electron chi connectivity index (χ3n) is 5.17. The van der Waals surface area contributed by atoms with E-state index in [4.69, 9.17) is 32.7 Å². The van der Waals surface area contributed by atoms with Crippen molar-refractivity contribution in [3.63, 3.8) is 0 Å². The zero-order valence-electron chi connectivity index (χ0n) is 20.7. The molecule has 0 spiro atoms. The Hall–Kier alpha value is -3.55. The van der Waals surface area contributed by atoms with E-state index in [1.165, 1.54) is 53.7 Å². The van der Waals surface area contributed by atoms with E-state index in [2.05, 4.69) is 5.32 Å². The van der Waals surface area contributed by atoms with Gasteiger partial charge in [0.1, 0.15) is 12.4 Å². The summed E-state index contributed by atoms with van der Waals surface area (Å²) in [5, 5.41) is 12.5. The number of amides is 2. The maximum absolute atomic E-state index is 13.2. The fraction of sp³-hybridized carbons (Fsp3) is 0.185. The molecule has 1 N–H and O–H groups in total. The van der Waals surface area contributed by atoms with Crippen LogP contribution in [0, 0.1) is 18.3 Å². The third-order valence-corrected chi connectivity index (χ3v) is 6.56. The summed E-state index contributed by atoms with van der Waals surface area (Å²) in [6, 6.07) is 16.1. The number of carbonyl (C=O) groups is 3. The topological polar surface area (TPSA) is 109 Å². The average Bonchev–Trinajstić information content (AvgIpc) is 2.88. The summed E-state index contributed by atoms with van der Waals surface area (Å²) in [7, 11) is 3.11. The molecule has 0 unspecified atom stereocenters. The van der Waals surface area contributed by atoms with Gasteiger partial charge in [-0.2, -0.15) is 5.26 Å². The first-order valence-corrected chi connectivity index (χ1v) is 12.7. The first kappa shape index (κ1) is 29.0. The summed E-state index contributed by atoms with van der Waals surface area (Å²) in [5.74, 6) is -0.922. The van der Waals surface area contributed by atoms with Gasteiger partial charge in [0.25, 0.3) is 11.8 Å². The second-order valence-corrected chi connectivity index (χ2v) is 10.1. The first-order valence-electron chi connectivity index (χ1n) is 11.1. The Labute approximate surface area is 234 Å². The van der Waals surface area contributed by atoms with Crippen molar-refractivity contribution in [2.75, 3.05) is 32.7 Å². The number of aryl methyl sites for hydroxylation is 1. The minimum absolute atomic E-state index is 0.0163. The van der Waals surface area contributed by atoms with Gasteiger partial charge < -0.3 is 14.8 Å². The highest BCUT2D eigenvalue weighted by Crippen LogP contribution is 2.28. The predicted octanol–water partition coefficient (Wildman–Crippen LogP) is 5.53. The molecule has 3 aromatic rings. The molecule has 3 rings (SSSR count). The summed E-state index contributed by atoms with van der Waals surface area (Å²) in [6.45, 7) is 1.44. The van der Waals surface area contributed by atoms with E-state index in [1.807, 2.05) is 19.1 Å². The summed E-state index contributed by atoms with van der Waals surface area (Å²) in [4.78, 5) is 38.5. The van der Waals surface area contributed by atoms with Crippen molar-refractivity contribution < 1.29 is 23.9 Å². The number of hydrogen-bond acceptors (Lipinski definition) is 7. The maximum Gasteiger partial charge on any atom is 0.262 e. The quantitative estimate of drug-likeness (QED) is 0.251. The second-order valence-electron chi connectivity index (χ2n) is 8.04. The summed E-state index contributed by atoms with van der Waals surface area (Å²) < 4.78 is 12.0. The van der Waals surface area contributed by atoms with Gasteiger partial charge in [0.15, 0.2) is 12.4 Å². The fourth-order valence-corrected chi connectivity index (χ4v) is 4.57. The van der Waals surface area contributed by atoms with E-state index in [1.54, 1.807) is 25.2 Å². The number of halogens is 2. The van der Waals surface area contributed by atoms with E-state index in [0.29, 0.717) is 10.7 Å². The highest BCUT2D eigenvalue weighted by molar-refractivity contribution is 7.97. The highest BCUT2D eigenvalue weighted by atomic mass is 35.5. The van der Waals surface area contributed by atoms with Gasteiger partial charge in [-0.15, -0.1) is 0 Å². The number of anilines is 1. The number of carbonyl (C=O) groups excluding carboxylic acids is 3. The molecule has 0 saturated heterocycles. The predicted molar refractivity (Wildman–Crippen MR) is 147 cm³/mol. The van der Waals surface area contributed by atoms with Crippen LogP contribution in [0.2, 0.25) is 10.0 Å². The summed E-state index contributed by atoms with van der Waals surface area (Å²) in [5.41, 5.74) is 1.91. The summed E-state index contributed by atoms with van der Waals surface area (Å²) in [6.07, 6.45) is 0. The van der Waals surface area contributed by atoms with Gasteiger partial charge in [0.05, 0.1) is 17.2 Å². The average molecular weight is 572 g/mol. The smallest absolute Gasteiger partial charge is 0.262 e. The summed E-state index contributed by atoms with van der Waals surface area (Å²) >= 11 is 13.4. The maximum atomic E-state index is 13.2. The van der Waals surface area contributed by atoms with Gasteiger partial charge in [-0.1, -0.05) is 23.2 Å². The molecule has 0 aliphatic heterocycles. The number of rotatable bonds is 10. The Bertz CT molecular complexity index is 1420. The van der Waals surface area contributed by atoms with E-state index in [0.717, 1.165) is 10.5 Å². The lowest BCUT2D eigenvalue weighted by atomic mass is 10.0.